The standard InChI is InChI=1S/C18H15F2NO5S/c19-18(20)26-12-3-1-11(2-4-12)17(23)21-16(22)10-27-13-5-6-14-15(9-13)25-8-7-24-14/h1-6,9,18H,7-8,10H2,(H,21,22,23). The molecule has 0 aromatic heterocycles. The van der Waals surface area contributed by atoms with Crippen LogP contribution in [0, 0.1) is 0 Å². The first-order chi connectivity index (χ1) is 13.0. The number of benzene rings is 2. The first-order valence-corrected chi connectivity index (χ1v) is 8.91. The molecule has 1 heterocycles. The quantitative estimate of drug-likeness (QED) is 0.758. The molecule has 0 spiro atoms. The van der Waals surface area contributed by atoms with E-state index in [9.17, 15) is 18.4 Å². The SMILES string of the molecule is O=C(CSc1ccc2c(c1)OCCO2)NC(=O)c1ccc(OC(F)F)cc1. The molecule has 0 aliphatic carbocycles. The second-order valence-corrected chi connectivity index (χ2v) is 6.42. The van der Waals surface area contributed by atoms with Crippen molar-refractivity contribution in [3.05, 3.63) is 48.0 Å². The van der Waals surface area contributed by atoms with Gasteiger partial charge in [-0.3, -0.25) is 14.9 Å². The van der Waals surface area contributed by atoms with Crippen LogP contribution in [-0.2, 0) is 4.79 Å². The lowest BCUT2D eigenvalue weighted by molar-refractivity contribution is -0.117. The third kappa shape index (κ3) is 5.33. The summed E-state index contributed by atoms with van der Waals surface area (Å²) in [6.45, 7) is -1.97. The number of halogens is 2. The summed E-state index contributed by atoms with van der Waals surface area (Å²) < 4.78 is 39.3. The molecule has 2 aromatic carbocycles. The summed E-state index contributed by atoms with van der Waals surface area (Å²) >= 11 is 1.24. The minimum atomic E-state index is -2.94. The number of thioether (sulfide) groups is 1. The highest BCUT2D eigenvalue weighted by atomic mass is 32.2. The van der Waals surface area contributed by atoms with E-state index in [0.29, 0.717) is 24.7 Å². The van der Waals surface area contributed by atoms with Crippen molar-refractivity contribution in [2.75, 3.05) is 19.0 Å². The highest BCUT2D eigenvalue weighted by Crippen LogP contribution is 2.34. The van der Waals surface area contributed by atoms with Gasteiger partial charge >= 0.3 is 6.61 Å². The Morgan fingerprint density at radius 1 is 1.07 bits per heavy atom. The first kappa shape index (κ1) is 19.0. The number of hydrogen-bond donors (Lipinski definition) is 1. The Morgan fingerprint density at radius 3 is 2.48 bits per heavy atom. The van der Waals surface area contributed by atoms with Crippen molar-refractivity contribution < 1.29 is 32.6 Å². The van der Waals surface area contributed by atoms with E-state index in [4.69, 9.17) is 9.47 Å². The van der Waals surface area contributed by atoms with Crippen LogP contribution in [0.3, 0.4) is 0 Å². The monoisotopic (exact) mass is 395 g/mol. The van der Waals surface area contributed by atoms with Gasteiger partial charge in [-0.05, 0) is 42.5 Å². The molecular formula is C18H15F2NO5S. The fourth-order valence-electron chi connectivity index (χ4n) is 2.28. The lowest BCUT2D eigenvalue weighted by Gasteiger charge is -2.18. The van der Waals surface area contributed by atoms with E-state index >= 15 is 0 Å². The zero-order chi connectivity index (χ0) is 19.2. The third-order valence-corrected chi connectivity index (χ3v) is 4.47. The summed E-state index contributed by atoms with van der Waals surface area (Å²) in [7, 11) is 0. The normalized spacial score (nSPS) is 12.6. The van der Waals surface area contributed by atoms with Crippen LogP contribution in [0.4, 0.5) is 8.78 Å². The van der Waals surface area contributed by atoms with E-state index in [2.05, 4.69) is 10.1 Å². The highest BCUT2D eigenvalue weighted by molar-refractivity contribution is 8.00. The maximum Gasteiger partial charge on any atom is 0.387 e. The van der Waals surface area contributed by atoms with Crippen molar-refractivity contribution in [3.8, 4) is 17.2 Å². The summed E-state index contributed by atoms with van der Waals surface area (Å²) in [6, 6.07) is 10.4. The number of amides is 2. The average molecular weight is 395 g/mol. The van der Waals surface area contributed by atoms with Crippen molar-refractivity contribution in [3.63, 3.8) is 0 Å². The molecular weight excluding hydrogens is 380 g/mol. The zero-order valence-electron chi connectivity index (χ0n) is 13.9. The lowest BCUT2D eigenvalue weighted by atomic mass is 10.2. The number of alkyl halides is 2. The molecule has 142 valence electrons. The minimum absolute atomic E-state index is 0.0258. The van der Waals surface area contributed by atoms with Gasteiger partial charge in [-0.15, -0.1) is 11.8 Å². The van der Waals surface area contributed by atoms with Gasteiger partial charge < -0.3 is 14.2 Å². The number of fused-ring (bicyclic) bond motifs is 1. The number of imide groups is 1. The average Bonchev–Trinajstić information content (AvgIpc) is 2.66. The molecule has 1 aliphatic rings. The Kier molecular flexibility index (Phi) is 6.12. The summed E-state index contributed by atoms with van der Waals surface area (Å²) in [5, 5.41) is 2.25. The molecule has 2 aromatic rings. The molecule has 1 N–H and O–H groups in total. The van der Waals surface area contributed by atoms with Crippen LogP contribution in [0.2, 0.25) is 0 Å². The van der Waals surface area contributed by atoms with Gasteiger partial charge in [0.1, 0.15) is 19.0 Å². The number of rotatable bonds is 6. The Hall–Kier alpha value is -2.81. The zero-order valence-corrected chi connectivity index (χ0v) is 14.8. The van der Waals surface area contributed by atoms with Crippen molar-refractivity contribution in [2.24, 2.45) is 0 Å². The molecule has 0 radical (unpaired) electrons. The highest BCUT2D eigenvalue weighted by Gasteiger charge is 2.14. The van der Waals surface area contributed by atoms with E-state index < -0.39 is 18.4 Å². The largest absolute Gasteiger partial charge is 0.486 e. The van der Waals surface area contributed by atoms with Gasteiger partial charge in [0.05, 0.1) is 5.75 Å². The molecule has 0 saturated heterocycles. The maximum atomic E-state index is 12.1. The number of carbonyl (C=O) groups is 2. The maximum absolute atomic E-state index is 12.1. The predicted molar refractivity (Wildman–Crippen MR) is 93.7 cm³/mol. The Balaban J connectivity index is 1.50. The van der Waals surface area contributed by atoms with Crippen LogP contribution in [0.1, 0.15) is 10.4 Å². The second-order valence-electron chi connectivity index (χ2n) is 5.37. The van der Waals surface area contributed by atoms with Gasteiger partial charge in [-0.1, -0.05) is 0 Å². The van der Waals surface area contributed by atoms with Gasteiger partial charge in [-0.25, -0.2) is 0 Å². The van der Waals surface area contributed by atoms with Crippen molar-refractivity contribution in [1.82, 2.24) is 5.32 Å². The molecule has 0 unspecified atom stereocenters. The number of ether oxygens (including phenoxy) is 3. The third-order valence-electron chi connectivity index (χ3n) is 3.48. The molecule has 0 saturated carbocycles. The molecule has 6 nitrogen and oxygen atoms in total. The number of hydrogen-bond acceptors (Lipinski definition) is 6. The smallest absolute Gasteiger partial charge is 0.387 e. The summed E-state index contributed by atoms with van der Waals surface area (Å²) in [5.74, 6) is 0.136. The van der Waals surface area contributed by atoms with Crippen molar-refractivity contribution >= 4 is 23.6 Å². The molecule has 0 atom stereocenters. The van der Waals surface area contributed by atoms with Crippen LogP contribution in [-0.4, -0.2) is 37.4 Å². The Bertz CT molecular complexity index is 829. The molecule has 1 aliphatic heterocycles. The number of nitrogens with one attached hydrogen (secondary N) is 1. The summed E-state index contributed by atoms with van der Waals surface area (Å²) in [6.07, 6.45) is 0. The van der Waals surface area contributed by atoms with Gasteiger partial charge in [0.2, 0.25) is 5.91 Å². The fraction of sp³-hybridized carbons (Fsp3) is 0.222. The minimum Gasteiger partial charge on any atom is -0.486 e. The molecule has 0 bridgehead atoms. The van der Waals surface area contributed by atoms with Crippen LogP contribution < -0.4 is 19.5 Å². The topological polar surface area (TPSA) is 73.9 Å². The summed E-state index contributed by atoms with van der Waals surface area (Å²) in [4.78, 5) is 24.8. The Morgan fingerprint density at radius 2 is 1.78 bits per heavy atom. The molecule has 0 fully saturated rings. The van der Waals surface area contributed by atoms with Crippen LogP contribution >= 0.6 is 11.8 Å². The van der Waals surface area contributed by atoms with E-state index in [-0.39, 0.29) is 17.1 Å². The van der Waals surface area contributed by atoms with Crippen LogP contribution in [0.5, 0.6) is 17.2 Å². The van der Waals surface area contributed by atoms with E-state index in [1.54, 1.807) is 18.2 Å². The van der Waals surface area contributed by atoms with E-state index in [1.165, 1.54) is 36.0 Å². The molecule has 3 rings (SSSR count). The first-order valence-electron chi connectivity index (χ1n) is 7.93. The van der Waals surface area contributed by atoms with E-state index in [0.717, 1.165) is 4.90 Å². The summed E-state index contributed by atoms with van der Waals surface area (Å²) in [5.41, 5.74) is 0.161. The van der Waals surface area contributed by atoms with Gasteiger partial charge in [0, 0.05) is 10.5 Å². The number of carbonyl (C=O) groups excluding carboxylic acids is 2. The van der Waals surface area contributed by atoms with Crippen molar-refractivity contribution in [1.29, 1.82) is 0 Å². The van der Waals surface area contributed by atoms with Crippen molar-refractivity contribution in [2.45, 2.75) is 11.5 Å². The van der Waals surface area contributed by atoms with Gasteiger partial charge in [-0.2, -0.15) is 8.78 Å². The second kappa shape index (κ2) is 8.72. The lowest BCUT2D eigenvalue weighted by Crippen LogP contribution is -2.31. The molecule has 2 amide bonds. The van der Waals surface area contributed by atoms with Gasteiger partial charge in [0.15, 0.2) is 11.5 Å². The molecule has 9 heteroatoms. The predicted octanol–water partition coefficient (Wildman–Crippen LogP) is 3.11. The van der Waals surface area contributed by atoms with Crippen LogP contribution in [0.25, 0.3) is 0 Å². The molecule has 27 heavy (non-hydrogen) atoms. The van der Waals surface area contributed by atoms with Gasteiger partial charge in [0.25, 0.3) is 5.91 Å². The van der Waals surface area contributed by atoms with E-state index in [1.807, 2.05) is 0 Å². The Labute approximate surface area is 157 Å². The van der Waals surface area contributed by atoms with Crippen LogP contribution in [0.15, 0.2) is 47.4 Å². The fourth-order valence-corrected chi connectivity index (χ4v) is 3.01.